The highest BCUT2D eigenvalue weighted by atomic mass is 79.9. The molecule has 0 spiro atoms. The van der Waals surface area contributed by atoms with Crippen molar-refractivity contribution in [2.24, 2.45) is 0 Å². The normalized spacial score (nSPS) is 16.9. The second-order valence-electron chi connectivity index (χ2n) is 3.13. The summed E-state index contributed by atoms with van der Waals surface area (Å²) < 4.78 is 16.3. The van der Waals surface area contributed by atoms with Gasteiger partial charge in [0.2, 0.25) is 0 Å². The van der Waals surface area contributed by atoms with E-state index in [1.165, 1.54) is 7.11 Å². The van der Waals surface area contributed by atoms with Crippen molar-refractivity contribution >= 4 is 15.9 Å². The first-order valence-corrected chi connectivity index (χ1v) is 5.31. The molecule has 1 aromatic carbocycles. The Morgan fingerprint density at radius 1 is 1.40 bits per heavy atom. The quantitative estimate of drug-likeness (QED) is 0.899. The van der Waals surface area contributed by atoms with Gasteiger partial charge in [-0.1, -0.05) is 0 Å². The molecule has 4 nitrogen and oxygen atoms in total. The van der Waals surface area contributed by atoms with E-state index in [0.717, 1.165) is 5.56 Å². The first-order chi connectivity index (χ1) is 7.22. The molecule has 0 aliphatic carbocycles. The molecule has 5 heteroatoms. The molecule has 1 aliphatic rings. The highest BCUT2D eigenvalue weighted by molar-refractivity contribution is 9.10. The predicted octanol–water partition coefficient (Wildman–Crippen LogP) is 2.21. The van der Waals surface area contributed by atoms with Crippen LogP contribution in [-0.4, -0.2) is 25.4 Å². The van der Waals surface area contributed by atoms with Crippen LogP contribution in [0, 0.1) is 0 Å². The lowest BCUT2D eigenvalue weighted by molar-refractivity contribution is -0.0442. The number of phenols is 1. The summed E-state index contributed by atoms with van der Waals surface area (Å²) in [6.45, 7) is 1.18. The van der Waals surface area contributed by atoms with Crippen molar-refractivity contribution in [1.29, 1.82) is 0 Å². The molecule has 0 unspecified atom stereocenters. The molecule has 1 aromatic rings. The summed E-state index contributed by atoms with van der Waals surface area (Å²) in [4.78, 5) is 0. The lowest BCUT2D eigenvalue weighted by atomic mass is 10.2. The Hall–Kier alpha value is -0.780. The molecule has 0 amide bonds. The van der Waals surface area contributed by atoms with Crippen LogP contribution < -0.4 is 4.74 Å². The fourth-order valence-electron chi connectivity index (χ4n) is 1.44. The Balaban J connectivity index is 2.35. The van der Waals surface area contributed by atoms with E-state index in [1.807, 2.05) is 0 Å². The molecule has 1 heterocycles. The number of phenolic OH excluding ortho intramolecular Hbond substituents is 1. The number of hydrogen-bond acceptors (Lipinski definition) is 4. The second kappa shape index (κ2) is 4.38. The molecule has 15 heavy (non-hydrogen) atoms. The third-order valence-electron chi connectivity index (χ3n) is 2.16. The van der Waals surface area contributed by atoms with Crippen LogP contribution in [0.2, 0.25) is 0 Å². The second-order valence-corrected chi connectivity index (χ2v) is 3.98. The van der Waals surface area contributed by atoms with Gasteiger partial charge in [0.25, 0.3) is 0 Å². The zero-order chi connectivity index (χ0) is 10.8. The summed E-state index contributed by atoms with van der Waals surface area (Å²) in [5.74, 6) is 0.484. The highest BCUT2D eigenvalue weighted by Gasteiger charge is 2.21. The SMILES string of the molecule is COc1cc(C2OCCO2)cc(Br)c1O. The van der Waals surface area contributed by atoms with Crippen molar-refractivity contribution in [3.05, 3.63) is 22.2 Å². The summed E-state index contributed by atoms with van der Waals surface area (Å²) in [6, 6.07) is 3.46. The number of ether oxygens (including phenoxy) is 3. The van der Waals surface area contributed by atoms with Crippen molar-refractivity contribution in [2.45, 2.75) is 6.29 Å². The molecule has 0 atom stereocenters. The summed E-state index contributed by atoms with van der Waals surface area (Å²) in [7, 11) is 1.50. The average molecular weight is 275 g/mol. The summed E-state index contributed by atoms with van der Waals surface area (Å²) in [5, 5.41) is 9.61. The maximum atomic E-state index is 9.61. The van der Waals surface area contributed by atoms with Crippen LogP contribution in [0.4, 0.5) is 0 Å². The first kappa shape index (κ1) is 10.7. The van der Waals surface area contributed by atoms with Crippen molar-refractivity contribution in [3.8, 4) is 11.5 Å². The van der Waals surface area contributed by atoms with Gasteiger partial charge >= 0.3 is 0 Å². The molecular weight excluding hydrogens is 264 g/mol. The number of benzene rings is 1. The Labute approximate surface area is 95.9 Å². The Morgan fingerprint density at radius 2 is 2.07 bits per heavy atom. The smallest absolute Gasteiger partial charge is 0.184 e. The maximum absolute atomic E-state index is 9.61. The first-order valence-electron chi connectivity index (χ1n) is 4.52. The van der Waals surface area contributed by atoms with Gasteiger partial charge in [-0.05, 0) is 28.1 Å². The van der Waals surface area contributed by atoms with Crippen LogP contribution in [0.25, 0.3) is 0 Å². The van der Waals surface area contributed by atoms with Gasteiger partial charge < -0.3 is 19.3 Å². The van der Waals surface area contributed by atoms with E-state index in [1.54, 1.807) is 12.1 Å². The van der Waals surface area contributed by atoms with E-state index >= 15 is 0 Å². The van der Waals surface area contributed by atoms with Crippen molar-refractivity contribution in [2.75, 3.05) is 20.3 Å². The van der Waals surface area contributed by atoms with Crippen LogP contribution >= 0.6 is 15.9 Å². The molecule has 82 valence electrons. The minimum Gasteiger partial charge on any atom is -0.503 e. The van der Waals surface area contributed by atoms with Gasteiger partial charge in [0.05, 0.1) is 24.8 Å². The molecule has 1 N–H and O–H groups in total. The topological polar surface area (TPSA) is 47.9 Å². The lowest BCUT2D eigenvalue weighted by Gasteiger charge is -2.12. The van der Waals surface area contributed by atoms with Gasteiger partial charge in [0, 0.05) is 5.56 Å². The number of aromatic hydroxyl groups is 1. The van der Waals surface area contributed by atoms with E-state index in [-0.39, 0.29) is 12.0 Å². The van der Waals surface area contributed by atoms with Crippen molar-refractivity contribution < 1.29 is 19.3 Å². The van der Waals surface area contributed by atoms with Crippen molar-refractivity contribution in [3.63, 3.8) is 0 Å². The van der Waals surface area contributed by atoms with E-state index in [0.29, 0.717) is 23.4 Å². The largest absolute Gasteiger partial charge is 0.503 e. The fourth-order valence-corrected chi connectivity index (χ4v) is 1.90. The highest BCUT2D eigenvalue weighted by Crippen LogP contribution is 2.38. The van der Waals surface area contributed by atoms with Gasteiger partial charge in [-0.3, -0.25) is 0 Å². The van der Waals surface area contributed by atoms with E-state index in [2.05, 4.69) is 15.9 Å². The van der Waals surface area contributed by atoms with E-state index in [4.69, 9.17) is 14.2 Å². The van der Waals surface area contributed by atoms with Crippen LogP contribution in [0.5, 0.6) is 11.5 Å². The summed E-state index contributed by atoms with van der Waals surface area (Å²) >= 11 is 3.24. The van der Waals surface area contributed by atoms with E-state index in [9.17, 15) is 5.11 Å². The number of halogens is 1. The zero-order valence-corrected chi connectivity index (χ0v) is 9.78. The zero-order valence-electron chi connectivity index (χ0n) is 8.20. The predicted molar refractivity (Wildman–Crippen MR) is 57.0 cm³/mol. The molecule has 0 aromatic heterocycles. The lowest BCUT2D eigenvalue weighted by Crippen LogP contribution is -1.99. The molecule has 0 radical (unpaired) electrons. The number of hydrogen-bond donors (Lipinski definition) is 1. The van der Waals surface area contributed by atoms with Crippen molar-refractivity contribution in [1.82, 2.24) is 0 Å². The third-order valence-corrected chi connectivity index (χ3v) is 2.77. The monoisotopic (exact) mass is 274 g/mol. The van der Waals surface area contributed by atoms with Gasteiger partial charge in [0.1, 0.15) is 0 Å². The van der Waals surface area contributed by atoms with Crippen LogP contribution in [-0.2, 0) is 9.47 Å². The summed E-state index contributed by atoms with van der Waals surface area (Å²) in [6.07, 6.45) is -0.365. The average Bonchev–Trinajstić information content (AvgIpc) is 2.75. The molecule has 0 saturated carbocycles. The molecule has 0 bridgehead atoms. The Kier molecular flexibility index (Phi) is 3.14. The molecule has 1 aliphatic heterocycles. The Bertz CT molecular complexity index is 361. The minimum atomic E-state index is -0.365. The number of methoxy groups -OCH3 is 1. The summed E-state index contributed by atoms with van der Waals surface area (Å²) in [5.41, 5.74) is 0.828. The van der Waals surface area contributed by atoms with Gasteiger partial charge in [-0.25, -0.2) is 0 Å². The minimum absolute atomic E-state index is 0.0826. The number of rotatable bonds is 2. The maximum Gasteiger partial charge on any atom is 0.184 e. The Morgan fingerprint density at radius 3 is 2.67 bits per heavy atom. The van der Waals surface area contributed by atoms with Crippen LogP contribution in [0.3, 0.4) is 0 Å². The van der Waals surface area contributed by atoms with Gasteiger partial charge in [0.15, 0.2) is 17.8 Å². The van der Waals surface area contributed by atoms with Gasteiger partial charge in [-0.2, -0.15) is 0 Å². The molecule has 2 rings (SSSR count). The van der Waals surface area contributed by atoms with E-state index < -0.39 is 0 Å². The fraction of sp³-hybridized carbons (Fsp3) is 0.400. The standard InChI is InChI=1S/C10H11BrO4/c1-13-8-5-6(4-7(11)9(8)12)10-14-2-3-15-10/h4-5,10,12H,2-3H2,1H3. The van der Waals surface area contributed by atoms with Crippen LogP contribution in [0.15, 0.2) is 16.6 Å². The molecule has 1 fully saturated rings. The molecule has 1 saturated heterocycles. The van der Waals surface area contributed by atoms with Gasteiger partial charge in [-0.15, -0.1) is 0 Å². The molecular formula is C10H11BrO4. The van der Waals surface area contributed by atoms with Crippen LogP contribution in [0.1, 0.15) is 11.9 Å². The third kappa shape index (κ3) is 2.09.